The Morgan fingerprint density at radius 3 is 2.45 bits per heavy atom. The molecule has 9 heteroatoms. The van der Waals surface area contributed by atoms with Crippen molar-refractivity contribution < 1.29 is 31.5 Å². The zero-order valence-corrected chi connectivity index (χ0v) is 12.1. The Bertz CT molecular complexity index is 410. The fourth-order valence-corrected chi connectivity index (χ4v) is 3.16. The van der Waals surface area contributed by atoms with E-state index in [1.807, 2.05) is 0 Å². The highest BCUT2D eigenvalue weighted by atomic mass is 19.4. The van der Waals surface area contributed by atoms with Gasteiger partial charge < -0.3 is 10.1 Å². The summed E-state index contributed by atoms with van der Waals surface area (Å²) in [5.74, 6) is -5.31. The van der Waals surface area contributed by atoms with Gasteiger partial charge in [-0.3, -0.25) is 4.90 Å². The van der Waals surface area contributed by atoms with E-state index in [-0.39, 0.29) is 6.04 Å². The molecule has 22 heavy (non-hydrogen) atoms. The summed E-state index contributed by atoms with van der Waals surface area (Å²) < 4.78 is 68.5. The standard InChI is InChI=1S/C13H19F5N2O2/c1-8(22-11(21)13(16,17)18)10-6-12(14,15)7-20(10)9-2-4-19-5-3-9/h8-10,19H,2-7H2,1H3/t8?,10-/m1/s1. The number of nitrogens with one attached hydrogen (secondary N) is 1. The predicted octanol–water partition coefficient (Wildman–Crippen LogP) is 1.94. The van der Waals surface area contributed by atoms with Gasteiger partial charge in [0.15, 0.2) is 0 Å². The van der Waals surface area contributed by atoms with Gasteiger partial charge in [-0.15, -0.1) is 0 Å². The van der Waals surface area contributed by atoms with Crippen LogP contribution in [0.2, 0.25) is 0 Å². The Morgan fingerprint density at radius 2 is 1.91 bits per heavy atom. The predicted molar refractivity (Wildman–Crippen MR) is 67.6 cm³/mol. The topological polar surface area (TPSA) is 41.6 Å². The third kappa shape index (κ3) is 4.07. The first-order chi connectivity index (χ1) is 10.1. The number of piperidine rings is 1. The first-order valence-electron chi connectivity index (χ1n) is 7.22. The summed E-state index contributed by atoms with van der Waals surface area (Å²) >= 11 is 0. The highest BCUT2D eigenvalue weighted by molar-refractivity contribution is 5.75. The highest BCUT2D eigenvalue weighted by Crippen LogP contribution is 2.37. The molecule has 0 bridgehead atoms. The number of alkyl halides is 5. The van der Waals surface area contributed by atoms with Crippen molar-refractivity contribution in [2.45, 2.75) is 56.5 Å². The van der Waals surface area contributed by atoms with Crippen LogP contribution in [0.3, 0.4) is 0 Å². The molecule has 0 aliphatic carbocycles. The van der Waals surface area contributed by atoms with Gasteiger partial charge in [0, 0.05) is 12.5 Å². The molecule has 0 saturated carbocycles. The van der Waals surface area contributed by atoms with Crippen LogP contribution in [0, 0.1) is 0 Å². The van der Waals surface area contributed by atoms with Crippen molar-refractivity contribution in [1.82, 2.24) is 10.2 Å². The SMILES string of the molecule is CC(OC(=O)C(F)(F)F)[C@H]1CC(F)(F)CN1C1CCNCC1. The highest BCUT2D eigenvalue weighted by Gasteiger charge is 2.51. The molecule has 1 unspecified atom stereocenters. The summed E-state index contributed by atoms with van der Waals surface area (Å²) in [5, 5.41) is 3.11. The fraction of sp³-hybridized carbons (Fsp3) is 0.923. The number of likely N-dealkylation sites (tertiary alicyclic amines) is 1. The van der Waals surface area contributed by atoms with E-state index in [1.54, 1.807) is 0 Å². The number of hydrogen-bond acceptors (Lipinski definition) is 4. The van der Waals surface area contributed by atoms with Gasteiger partial charge in [0.2, 0.25) is 0 Å². The Labute approximate surface area is 125 Å². The summed E-state index contributed by atoms with van der Waals surface area (Å²) in [6.45, 7) is 2.09. The maximum absolute atomic E-state index is 13.7. The molecule has 2 atom stereocenters. The van der Waals surface area contributed by atoms with Crippen molar-refractivity contribution in [3.8, 4) is 0 Å². The number of ether oxygens (including phenoxy) is 1. The van der Waals surface area contributed by atoms with Crippen LogP contribution in [-0.4, -0.2) is 60.8 Å². The van der Waals surface area contributed by atoms with Crippen molar-refractivity contribution in [2.75, 3.05) is 19.6 Å². The monoisotopic (exact) mass is 330 g/mol. The number of hydrogen-bond donors (Lipinski definition) is 1. The molecule has 0 aromatic carbocycles. The Kier molecular flexibility index (Phi) is 4.96. The van der Waals surface area contributed by atoms with Crippen LogP contribution in [0.5, 0.6) is 0 Å². The summed E-state index contributed by atoms with van der Waals surface area (Å²) in [4.78, 5) is 12.4. The number of rotatable bonds is 3. The molecule has 0 aromatic rings. The smallest absolute Gasteiger partial charge is 0.454 e. The summed E-state index contributed by atoms with van der Waals surface area (Å²) in [6.07, 6.45) is -5.66. The van der Waals surface area contributed by atoms with E-state index in [9.17, 15) is 26.7 Å². The van der Waals surface area contributed by atoms with Crippen molar-refractivity contribution in [1.29, 1.82) is 0 Å². The quantitative estimate of drug-likeness (QED) is 0.634. The lowest BCUT2D eigenvalue weighted by Crippen LogP contribution is -2.50. The van der Waals surface area contributed by atoms with E-state index in [1.165, 1.54) is 11.8 Å². The molecule has 0 spiro atoms. The molecule has 2 rings (SSSR count). The number of nitrogens with zero attached hydrogens (tertiary/aromatic N) is 1. The summed E-state index contributed by atoms with van der Waals surface area (Å²) in [7, 11) is 0. The minimum atomic E-state index is -5.12. The van der Waals surface area contributed by atoms with Crippen molar-refractivity contribution in [3.63, 3.8) is 0 Å². The largest absolute Gasteiger partial charge is 0.490 e. The van der Waals surface area contributed by atoms with E-state index < -0.39 is 43.2 Å². The van der Waals surface area contributed by atoms with E-state index in [0.29, 0.717) is 25.9 Å². The van der Waals surface area contributed by atoms with E-state index in [4.69, 9.17) is 0 Å². The van der Waals surface area contributed by atoms with Crippen molar-refractivity contribution in [3.05, 3.63) is 0 Å². The summed E-state index contributed by atoms with van der Waals surface area (Å²) in [6, 6.07) is -1.03. The number of carbonyl (C=O) groups excluding carboxylic acids is 1. The van der Waals surface area contributed by atoms with Gasteiger partial charge in [0.1, 0.15) is 6.10 Å². The van der Waals surface area contributed by atoms with Crippen LogP contribution in [0.1, 0.15) is 26.2 Å². The molecule has 2 fully saturated rings. The lowest BCUT2D eigenvalue weighted by Gasteiger charge is -2.37. The van der Waals surface area contributed by atoms with Crippen molar-refractivity contribution in [2.24, 2.45) is 0 Å². The second kappa shape index (κ2) is 6.27. The van der Waals surface area contributed by atoms with E-state index >= 15 is 0 Å². The van der Waals surface area contributed by atoms with Gasteiger partial charge in [-0.05, 0) is 32.9 Å². The van der Waals surface area contributed by atoms with Crippen LogP contribution in [0.15, 0.2) is 0 Å². The van der Waals surface area contributed by atoms with Crippen molar-refractivity contribution >= 4 is 5.97 Å². The molecule has 4 nitrogen and oxygen atoms in total. The fourth-order valence-electron chi connectivity index (χ4n) is 3.16. The Hall–Kier alpha value is -0.960. The molecule has 0 amide bonds. The summed E-state index contributed by atoms with van der Waals surface area (Å²) in [5.41, 5.74) is 0. The van der Waals surface area contributed by atoms with Gasteiger partial charge >= 0.3 is 12.1 Å². The first kappa shape index (κ1) is 17.4. The first-order valence-corrected chi connectivity index (χ1v) is 7.22. The molecule has 1 N–H and O–H groups in total. The van der Waals surface area contributed by atoms with Crippen LogP contribution < -0.4 is 5.32 Å². The zero-order valence-electron chi connectivity index (χ0n) is 12.1. The molecule has 2 aliphatic heterocycles. The molecule has 0 radical (unpaired) electrons. The average molecular weight is 330 g/mol. The molecule has 0 aromatic heterocycles. The maximum atomic E-state index is 13.7. The Balaban J connectivity index is 2.06. The lowest BCUT2D eigenvalue weighted by molar-refractivity contribution is -0.206. The minimum Gasteiger partial charge on any atom is -0.454 e. The van der Waals surface area contributed by atoms with Crippen LogP contribution >= 0.6 is 0 Å². The molecule has 2 aliphatic rings. The van der Waals surface area contributed by atoms with Gasteiger partial charge in [-0.25, -0.2) is 13.6 Å². The molecular formula is C13H19F5N2O2. The average Bonchev–Trinajstić information content (AvgIpc) is 2.75. The maximum Gasteiger partial charge on any atom is 0.490 e. The number of esters is 1. The molecular weight excluding hydrogens is 311 g/mol. The van der Waals surface area contributed by atoms with Gasteiger partial charge in [-0.2, -0.15) is 13.2 Å². The van der Waals surface area contributed by atoms with Gasteiger partial charge in [0.25, 0.3) is 5.92 Å². The lowest BCUT2D eigenvalue weighted by atomic mass is 10.0. The van der Waals surface area contributed by atoms with Crippen LogP contribution in [0.4, 0.5) is 22.0 Å². The van der Waals surface area contributed by atoms with Gasteiger partial charge in [-0.1, -0.05) is 0 Å². The third-order valence-electron chi connectivity index (χ3n) is 4.19. The zero-order chi connectivity index (χ0) is 16.5. The minimum absolute atomic E-state index is 0.133. The third-order valence-corrected chi connectivity index (χ3v) is 4.19. The second-order valence-electron chi connectivity index (χ2n) is 5.89. The van der Waals surface area contributed by atoms with E-state index in [2.05, 4.69) is 10.1 Å². The van der Waals surface area contributed by atoms with Gasteiger partial charge in [0.05, 0.1) is 12.6 Å². The number of carbonyl (C=O) groups is 1. The van der Waals surface area contributed by atoms with Crippen LogP contribution in [0.25, 0.3) is 0 Å². The normalized spacial score (nSPS) is 28.5. The molecule has 2 heterocycles. The van der Waals surface area contributed by atoms with E-state index in [0.717, 1.165) is 0 Å². The Morgan fingerprint density at radius 1 is 1.32 bits per heavy atom. The molecule has 2 saturated heterocycles. The number of halogens is 5. The van der Waals surface area contributed by atoms with Crippen LogP contribution in [-0.2, 0) is 9.53 Å². The second-order valence-corrected chi connectivity index (χ2v) is 5.89. The molecule has 128 valence electrons.